The van der Waals surface area contributed by atoms with Gasteiger partial charge in [-0.2, -0.15) is 5.10 Å². The topological polar surface area (TPSA) is 56.1 Å². The van der Waals surface area contributed by atoms with Crippen molar-refractivity contribution in [1.82, 2.24) is 9.78 Å². The van der Waals surface area contributed by atoms with Crippen LogP contribution >= 0.6 is 22.6 Å². The average Bonchev–Trinajstić information content (AvgIpc) is 2.84. The Balaban J connectivity index is 2.00. The number of amides is 1. The van der Waals surface area contributed by atoms with Crippen molar-refractivity contribution in [3.05, 3.63) is 45.8 Å². The molecule has 2 aromatic rings. The molecule has 1 aromatic heterocycles. The van der Waals surface area contributed by atoms with E-state index >= 15 is 0 Å². The molecule has 6 heteroatoms. The molecule has 1 amide bonds. The summed E-state index contributed by atoms with van der Waals surface area (Å²) in [5.41, 5.74) is 1.32. The zero-order chi connectivity index (χ0) is 13.7. The summed E-state index contributed by atoms with van der Waals surface area (Å²) in [6.45, 7) is 1.25. The summed E-state index contributed by atoms with van der Waals surface area (Å²) in [6.07, 6.45) is 3.41. The van der Waals surface area contributed by atoms with Gasteiger partial charge in [-0.25, -0.2) is 0 Å². The highest BCUT2D eigenvalue weighted by Crippen LogP contribution is 2.11. The predicted octanol–water partition coefficient (Wildman–Crippen LogP) is 2.39. The fourth-order valence-corrected chi connectivity index (χ4v) is 2.11. The lowest BCUT2D eigenvalue weighted by molar-refractivity contribution is 0.102. The van der Waals surface area contributed by atoms with Crippen LogP contribution in [-0.4, -0.2) is 29.4 Å². The van der Waals surface area contributed by atoms with E-state index in [9.17, 15) is 4.79 Å². The van der Waals surface area contributed by atoms with Gasteiger partial charge in [0, 0.05) is 22.4 Å². The number of carbonyl (C=O) groups is 1. The molecule has 0 aliphatic heterocycles. The molecule has 1 N–H and O–H groups in total. The van der Waals surface area contributed by atoms with Crippen LogP contribution in [0.4, 0.5) is 5.69 Å². The fraction of sp³-hybridized carbons (Fsp3) is 0.231. The molecule has 0 aliphatic rings. The normalized spacial score (nSPS) is 10.4. The maximum atomic E-state index is 12.0. The third kappa shape index (κ3) is 4.03. The molecule has 1 heterocycles. The summed E-state index contributed by atoms with van der Waals surface area (Å²) in [5.74, 6) is -0.134. The van der Waals surface area contributed by atoms with Crippen molar-refractivity contribution >= 4 is 34.2 Å². The molecule has 0 saturated heterocycles. The molecule has 5 nitrogen and oxygen atoms in total. The molecule has 0 unspecified atom stereocenters. The minimum Gasteiger partial charge on any atom is -0.383 e. The van der Waals surface area contributed by atoms with Crippen LogP contribution in [0.2, 0.25) is 0 Å². The molecule has 0 radical (unpaired) electrons. The molecule has 0 spiro atoms. The first-order valence-electron chi connectivity index (χ1n) is 5.77. The number of nitrogens with one attached hydrogen (secondary N) is 1. The van der Waals surface area contributed by atoms with Gasteiger partial charge in [0.2, 0.25) is 0 Å². The summed E-state index contributed by atoms with van der Waals surface area (Å²) in [4.78, 5) is 12.0. The summed E-state index contributed by atoms with van der Waals surface area (Å²) in [6, 6.07) is 7.43. The van der Waals surface area contributed by atoms with Crippen molar-refractivity contribution in [2.24, 2.45) is 0 Å². The van der Waals surface area contributed by atoms with Gasteiger partial charge >= 0.3 is 0 Å². The number of anilines is 1. The van der Waals surface area contributed by atoms with Gasteiger partial charge in [0.1, 0.15) is 0 Å². The van der Waals surface area contributed by atoms with E-state index < -0.39 is 0 Å². The molecule has 0 atom stereocenters. The van der Waals surface area contributed by atoms with E-state index in [0.717, 1.165) is 3.57 Å². The molecule has 19 heavy (non-hydrogen) atoms. The van der Waals surface area contributed by atoms with E-state index in [4.69, 9.17) is 4.74 Å². The fourth-order valence-electron chi connectivity index (χ4n) is 1.57. The van der Waals surface area contributed by atoms with Crippen molar-refractivity contribution in [2.75, 3.05) is 19.0 Å². The third-order valence-corrected chi connectivity index (χ3v) is 3.17. The number of carbonyl (C=O) groups excluding carboxylic acids is 1. The maximum absolute atomic E-state index is 12.0. The quantitative estimate of drug-likeness (QED) is 0.822. The monoisotopic (exact) mass is 371 g/mol. The van der Waals surface area contributed by atoms with Gasteiger partial charge in [-0.05, 0) is 40.8 Å². The number of rotatable bonds is 5. The number of aromatic nitrogens is 2. The minimum atomic E-state index is -0.134. The highest BCUT2D eigenvalue weighted by atomic mass is 127. The van der Waals surface area contributed by atoms with Crippen molar-refractivity contribution in [3.8, 4) is 0 Å². The number of ether oxygens (including phenoxy) is 1. The highest BCUT2D eigenvalue weighted by Gasteiger charge is 2.07. The van der Waals surface area contributed by atoms with E-state index in [1.165, 1.54) is 0 Å². The third-order valence-electron chi connectivity index (χ3n) is 2.50. The number of methoxy groups -OCH3 is 1. The van der Waals surface area contributed by atoms with Crippen LogP contribution in [0.15, 0.2) is 36.7 Å². The standard InChI is InChI=1S/C13H14IN3O2/c1-19-6-5-17-9-12(8-15-17)16-13(18)10-3-2-4-11(14)7-10/h2-4,7-9H,5-6H2,1H3,(H,16,18). The lowest BCUT2D eigenvalue weighted by Crippen LogP contribution is -2.11. The number of hydrogen-bond acceptors (Lipinski definition) is 3. The van der Waals surface area contributed by atoms with E-state index in [2.05, 4.69) is 33.0 Å². The van der Waals surface area contributed by atoms with Gasteiger partial charge in [-0.15, -0.1) is 0 Å². The first-order chi connectivity index (χ1) is 9.19. The molecule has 0 aliphatic carbocycles. The van der Waals surface area contributed by atoms with Crippen LogP contribution in [-0.2, 0) is 11.3 Å². The molecule has 2 rings (SSSR count). The summed E-state index contributed by atoms with van der Waals surface area (Å²) in [5, 5.41) is 6.95. The van der Waals surface area contributed by atoms with Crippen LogP contribution in [0.5, 0.6) is 0 Å². The summed E-state index contributed by atoms with van der Waals surface area (Å²) < 4.78 is 7.73. The smallest absolute Gasteiger partial charge is 0.255 e. The predicted molar refractivity (Wildman–Crippen MR) is 81.2 cm³/mol. The van der Waals surface area contributed by atoms with Gasteiger partial charge in [-0.3, -0.25) is 9.48 Å². The van der Waals surface area contributed by atoms with Crippen LogP contribution in [0.25, 0.3) is 0 Å². The molecule has 0 fully saturated rings. The molecular formula is C13H14IN3O2. The molecule has 100 valence electrons. The second-order valence-corrected chi connectivity index (χ2v) is 5.19. The lowest BCUT2D eigenvalue weighted by Gasteiger charge is -2.03. The summed E-state index contributed by atoms with van der Waals surface area (Å²) in [7, 11) is 1.64. The molecular weight excluding hydrogens is 357 g/mol. The first-order valence-corrected chi connectivity index (χ1v) is 6.85. The van der Waals surface area contributed by atoms with Crippen molar-refractivity contribution in [3.63, 3.8) is 0 Å². The average molecular weight is 371 g/mol. The van der Waals surface area contributed by atoms with Gasteiger partial charge in [-0.1, -0.05) is 6.07 Å². The lowest BCUT2D eigenvalue weighted by atomic mass is 10.2. The number of nitrogens with zero attached hydrogens (tertiary/aromatic N) is 2. The first kappa shape index (κ1) is 14.0. The Morgan fingerprint density at radius 1 is 1.53 bits per heavy atom. The second kappa shape index (κ2) is 6.67. The van der Waals surface area contributed by atoms with Crippen LogP contribution in [0.1, 0.15) is 10.4 Å². The molecule has 1 aromatic carbocycles. The largest absolute Gasteiger partial charge is 0.383 e. The molecule has 0 bridgehead atoms. The van der Waals surface area contributed by atoms with E-state index in [-0.39, 0.29) is 5.91 Å². The van der Waals surface area contributed by atoms with Gasteiger partial charge < -0.3 is 10.1 Å². The van der Waals surface area contributed by atoms with E-state index in [1.54, 1.807) is 30.3 Å². The van der Waals surface area contributed by atoms with Gasteiger partial charge in [0.05, 0.1) is 25.0 Å². The Morgan fingerprint density at radius 2 is 2.37 bits per heavy atom. The Labute approximate surface area is 125 Å². The number of benzene rings is 1. The maximum Gasteiger partial charge on any atom is 0.255 e. The van der Waals surface area contributed by atoms with E-state index in [0.29, 0.717) is 24.4 Å². The van der Waals surface area contributed by atoms with Crippen LogP contribution < -0.4 is 5.32 Å². The van der Waals surface area contributed by atoms with Crippen LogP contribution in [0.3, 0.4) is 0 Å². The van der Waals surface area contributed by atoms with E-state index in [1.807, 2.05) is 18.2 Å². The zero-order valence-corrected chi connectivity index (χ0v) is 12.6. The molecule has 0 saturated carbocycles. The van der Waals surface area contributed by atoms with Crippen molar-refractivity contribution in [2.45, 2.75) is 6.54 Å². The van der Waals surface area contributed by atoms with Gasteiger partial charge in [0.25, 0.3) is 5.91 Å². The second-order valence-electron chi connectivity index (χ2n) is 3.95. The number of hydrogen-bond donors (Lipinski definition) is 1. The Bertz CT molecular complexity index is 569. The minimum absolute atomic E-state index is 0.134. The Hall–Kier alpha value is -1.41. The Morgan fingerprint density at radius 3 is 3.11 bits per heavy atom. The SMILES string of the molecule is COCCn1cc(NC(=O)c2cccc(I)c2)cn1. The van der Waals surface area contributed by atoms with Gasteiger partial charge in [0.15, 0.2) is 0 Å². The zero-order valence-electron chi connectivity index (χ0n) is 10.5. The highest BCUT2D eigenvalue weighted by molar-refractivity contribution is 14.1. The van der Waals surface area contributed by atoms with Crippen LogP contribution in [0, 0.1) is 3.57 Å². The van der Waals surface area contributed by atoms with Crippen molar-refractivity contribution in [1.29, 1.82) is 0 Å². The van der Waals surface area contributed by atoms with Crippen molar-refractivity contribution < 1.29 is 9.53 Å². The number of halogens is 1. The summed E-state index contributed by atoms with van der Waals surface area (Å²) >= 11 is 2.18. The Kier molecular flexibility index (Phi) is 4.92.